The Morgan fingerprint density at radius 3 is 2.83 bits per heavy atom. The first-order chi connectivity index (χ1) is 8.81. The Balaban J connectivity index is 1.74. The number of aromatic nitrogens is 2. The second kappa shape index (κ2) is 4.78. The van der Waals surface area contributed by atoms with E-state index in [0.29, 0.717) is 18.1 Å². The number of hydrogen-bond acceptors (Lipinski definition) is 5. The van der Waals surface area contributed by atoms with E-state index >= 15 is 0 Å². The van der Waals surface area contributed by atoms with Gasteiger partial charge in [-0.05, 0) is 37.1 Å². The molecule has 2 heterocycles. The third-order valence-electron chi connectivity index (χ3n) is 3.02. The number of benzene rings is 1. The highest BCUT2D eigenvalue weighted by Crippen LogP contribution is 2.21. The molecule has 5 nitrogen and oxygen atoms in total. The molecule has 18 heavy (non-hydrogen) atoms. The number of phenols is 1. The lowest BCUT2D eigenvalue weighted by molar-refractivity contribution is 0.109. The highest BCUT2D eigenvalue weighted by atomic mass is 16.5. The van der Waals surface area contributed by atoms with E-state index in [1.165, 1.54) is 0 Å². The van der Waals surface area contributed by atoms with Crippen molar-refractivity contribution in [1.82, 2.24) is 10.1 Å². The molecule has 0 aliphatic carbocycles. The monoisotopic (exact) mass is 246 g/mol. The predicted octanol–water partition coefficient (Wildman–Crippen LogP) is 2.16. The van der Waals surface area contributed by atoms with Gasteiger partial charge in [-0.15, -0.1) is 0 Å². The number of rotatable bonds is 3. The van der Waals surface area contributed by atoms with Crippen LogP contribution in [0.4, 0.5) is 0 Å². The van der Waals surface area contributed by atoms with Crippen LogP contribution in [0.2, 0.25) is 0 Å². The van der Waals surface area contributed by atoms with E-state index in [4.69, 9.17) is 9.26 Å². The van der Waals surface area contributed by atoms with Gasteiger partial charge in [0.25, 0.3) is 5.89 Å². The molecule has 2 aromatic rings. The van der Waals surface area contributed by atoms with Crippen molar-refractivity contribution in [2.75, 3.05) is 6.61 Å². The Morgan fingerprint density at radius 2 is 2.11 bits per heavy atom. The highest BCUT2D eigenvalue weighted by Gasteiger charge is 2.19. The zero-order chi connectivity index (χ0) is 12.4. The Labute approximate surface area is 104 Å². The van der Waals surface area contributed by atoms with Crippen molar-refractivity contribution in [3.05, 3.63) is 30.1 Å². The number of aromatic hydroxyl groups is 1. The molecule has 94 valence electrons. The molecule has 0 bridgehead atoms. The lowest BCUT2D eigenvalue weighted by Gasteiger charge is -2.03. The van der Waals surface area contributed by atoms with Gasteiger partial charge in [0.05, 0.1) is 6.10 Å². The fourth-order valence-corrected chi connectivity index (χ4v) is 2.07. The smallest absolute Gasteiger partial charge is 0.257 e. The average Bonchev–Trinajstić information content (AvgIpc) is 3.02. The molecule has 0 radical (unpaired) electrons. The summed E-state index contributed by atoms with van der Waals surface area (Å²) in [6.45, 7) is 0.827. The zero-order valence-electron chi connectivity index (χ0n) is 9.87. The van der Waals surface area contributed by atoms with Gasteiger partial charge in [-0.3, -0.25) is 0 Å². The summed E-state index contributed by atoms with van der Waals surface area (Å²) in [5.41, 5.74) is 0.805. The van der Waals surface area contributed by atoms with Crippen LogP contribution in [0.25, 0.3) is 11.5 Å². The molecule has 0 spiro atoms. The van der Waals surface area contributed by atoms with Crippen LogP contribution in [0.15, 0.2) is 28.8 Å². The molecule has 1 fully saturated rings. The molecule has 1 aliphatic rings. The zero-order valence-corrected chi connectivity index (χ0v) is 9.87. The van der Waals surface area contributed by atoms with Crippen molar-refractivity contribution in [2.24, 2.45) is 0 Å². The number of hydrogen-bond donors (Lipinski definition) is 1. The SMILES string of the molecule is Oc1ccc(-c2nc(CC3CCCO3)no2)cc1. The van der Waals surface area contributed by atoms with Gasteiger partial charge in [0.2, 0.25) is 0 Å². The molecular weight excluding hydrogens is 232 g/mol. The van der Waals surface area contributed by atoms with E-state index in [1.54, 1.807) is 24.3 Å². The third-order valence-corrected chi connectivity index (χ3v) is 3.02. The summed E-state index contributed by atoms with van der Waals surface area (Å²) in [6, 6.07) is 6.69. The van der Waals surface area contributed by atoms with Gasteiger partial charge in [0, 0.05) is 18.6 Å². The van der Waals surface area contributed by atoms with Crippen molar-refractivity contribution in [3.8, 4) is 17.2 Å². The van der Waals surface area contributed by atoms with Gasteiger partial charge in [-0.1, -0.05) is 5.16 Å². The fourth-order valence-electron chi connectivity index (χ4n) is 2.07. The van der Waals surface area contributed by atoms with Crippen LogP contribution in [0.3, 0.4) is 0 Å². The maximum Gasteiger partial charge on any atom is 0.257 e. The van der Waals surface area contributed by atoms with Crippen LogP contribution < -0.4 is 0 Å². The van der Waals surface area contributed by atoms with Gasteiger partial charge >= 0.3 is 0 Å². The molecule has 1 saturated heterocycles. The van der Waals surface area contributed by atoms with Crippen LogP contribution in [-0.2, 0) is 11.2 Å². The average molecular weight is 246 g/mol. The molecule has 3 rings (SSSR count). The number of phenolic OH excluding ortho intramolecular Hbond substituents is 1. The number of ether oxygens (including phenoxy) is 1. The van der Waals surface area contributed by atoms with Crippen molar-refractivity contribution in [3.63, 3.8) is 0 Å². The Kier molecular flexibility index (Phi) is 2.98. The third kappa shape index (κ3) is 2.36. The highest BCUT2D eigenvalue weighted by molar-refractivity contribution is 5.53. The summed E-state index contributed by atoms with van der Waals surface area (Å²) in [6.07, 6.45) is 3.08. The molecule has 1 aromatic carbocycles. The normalized spacial score (nSPS) is 19.2. The largest absolute Gasteiger partial charge is 0.508 e. The molecule has 0 amide bonds. The van der Waals surface area contributed by atoms with Crippen LogP contribution in [0, 0.1) is 0 Å². The second-order valence-corrected chi connectivity index (χ2v) is 4.40. The van der Waals surface area contributed by atoms with E-state index in [2.05, 4.69) is 10.1 Å². The van der Waals surface area contributed by atoms with E-state index in [-0.39, 0.29) is 11.9 Å². The first-order valence-electron chi connectivity index (χ1n) is 6.05. The quantitative estimate of drug-likeness (QED) is 0.898. The molecular formula is C13H14N2O3. The molecule has 1 unspecified atom stereocenters. The first kappa shape index (κ1) is 11.2. The van der Waals surface area contributed by atoms with Crippen LogP contribution in [0.1, 0.15) is 18.7 Å². The van der Waals surface area contributed by atoms with E-state index in [0.717, 1.165) is 25.0 Å². The lowest BCUT2D eigenvalue weighted by atomic mass is 10.2. The molecule has 1 aliphatic heterocycles. The first-order valence-corrected chi connectivity index (χ1v) is 6.05. The minimum Gasteiger partial charge on any atom is -0.508 e. The maximum absolute atomic E-state index is 9.22. The lowest BCUT2D eigenvalue weighted by Crippen LogP contribution is -2.09. The summed E-state index contributed by atoms with van der Waals surface area (Å²) in [5.74, 6) is 1.37. The van der Waals surface area contributed by atoms with E-state index in [1.807, 2.05) is 0 Å². The van der Waals surface area contributed by atoms with E-state index < -0.39 is 0 Å². The topological polar surface area (TPSA) is 68.4 Å². The van der Waals surface area contributed by atoms with Crippen LogP contribution in [-0.4, -0.2) is 28.0 Å². The van der Waals surface area contributed by atoms with Crippen LogP contribution >= 0.6 is 0 Å². The minimum atomic E-state index is 0.218. The standard InChI is InChI=1S/C13H14N2O3/c16-10-5-3-9(4-6-10)13-14-12(15-18-13)8-11-2-1-7-17-11/h3-6,11,16H,1-2,7-8H2. The van der Waals surface area contributed by atoms with Crippen molar-refractivity contribution < 1.29 is 14.4 Å². The van der Waals surface area contributed by atoms with Gasteiger partial charge in [0.15, 0.2) is 5.82 Å². The summed E-state index contributed by atoms with van der Waals surface area (Å²) in [5, 5.41) is 13.2. The van der Waals surface area contributed by atoms with Gasteiger partial charge in [-0.25, -0.2) is 0 Å². The Hall–Kier alpha value is -1.88. The molecule has 1 atom stereocenters. The molecule has 5 heteroatoms. The maximum atomic E-state index is 9.22. The molecule has 0 saturated carbocycles. The summed E-state index contributed by atoms with van der Waals surface area (Å²) in [7, 11) is 0. The van der Waals surface area contributed by atoms with Gasteiger partial charge in [0.1, 0.15) is 5.75 Å². The van der Waals surface area contributed by atoms with E-state index in [9.17, 15) is 5.11 Å². The minimum absolute atomic E-state index is 0.218. The predicted molar refractivity (Wildman–Crippen MR) is 64.1 cm³/mol. The molecule has 1 aromatic heterocycles. The summed E-state index contributed by atoms with van der Waals surface area (Å²) in [4.78, 5) is 4.33. The van der Waals surface area contributed by atoms with Crippen molar-refractivity contribution in [1.29, 1.82) is 0 Å². The fraction of sp³-hybridized carbons (Fsp3) is 0.385. The van der Waals surface area contributed by atoms with Crippen molar-refractivity contribution >= 4 is 0 Å². The van der Waals surface area contributed by atoms with Gasteiger partial charge in [-0.2, -0.15) is 4.98 Å². The summed E-state index contributed by atoms with van der Waals surface area (Å²) < 4.78 is 10.7. The van der Waals surface area contributed by atoms with Crippen LogP contribution in [0.5, 0.6) is 5.75 Å². The van der Waals surface area contributed by atoms with Gasteiger partial charge < -0.3 is 14.4 Å². The summed E-state index contributed by atoms with van der Waals surface area (Å²) >= 11 is 0. The molecule has 1 N–H and O–H groups in total. The van der Waals surface area contributed by atoms with Crippen molar-refractivity contribution in [2.45, 2.75) is 25.4 Å². The number of nitrogens with zero attached hydrogens (tertiary/aromatic N) is 2. The Bertz CT molecular complexity index is 515. The Morgan fingerprint density at radius 1 is 1.28 bits per heavy atom. The second-order valence-electron chi connectivity index (χ2n) is 4.40.